The molecule has 2 unspecified atom stereocenters. The fourth-order valence-corrected chi connectivity index (χ4v) is 4.27. The maximum absolute atomic E-state index is 13.0. The molecule has 144 valence electrons. The molecule has 7 nitrogen and oxygen atoms in total. The highest BCUT2D eigenvalue weighted by atomic mass is 35.5. The van der Waals surface area contributed by atoms with Crippen LogP contribution in [0.3, 0.4) is 0 Å². The van der Waals surface area contributed by atoms with Crippen LogP contribution in [0.15, 0.2) is 0 Å². The first-order chi connectivity index (χ1) is 12.6. The molecule has 0 bridgehead atoms. The highest BCUT2D eigenvalue weighted by Gasteiger charge is 2.32. The fraction of sp³-hybridized carbons (Fsp3) is 0.778. The summed E-state index contributed by atoms with van der Waals surface area (Å²) in [6.45, 7) is 3.77. The summed E-state index contributed by atoms with van der Waals surface area (Å²) in [6, 6.07) is 0.145. The number of alkyl halides is 1. The van der Waals surface area contributed by atoms with Gasteiger partial charge in [-0.15, -0.1) is 16.7 Å². The predicted molar refractivity (Wildman–Crippen MR) is 98.9 cm³/mol. The largest absolute Gasteiger partial charge is 0.355 e. The van der Waals surface area contributed by atoms with Gasteiger partial charge in [-0.2, -0.15) is 0 Å². The first kappa shape index (κ1) is 19.1. The molecule has 2 aliphatic rings. The molecule has 0 aromatic carbocycles. The van der Waals surface area contributed by atoms with E-state index in [2.05, 4.69) is 22.6 Å². The van der Waals surface area contributed by atoms with Gasteiger partial charge in [0.05, 0.1) is 11.4 Å². The van der Waals surface area contributed by atoms with Crippen molar-refractivity contribution in [3.05, 3.63) is 11.4 Å². The third-order valence-electron chi connectivity index (χ3n) is 5.60. The van der Waals surface area contributed by atoms with Crippen LogP contribution < -0.4 is 5.32 Å². The van der Waals surface area contributed by atoms with Gasteiger partial charge < -0.3 is 10.2 Å². The van der Waals surface area contributed by atoms with E-state index in [0.29, 0.717) is 12.5 Å². The van der Waals surface area contributed by atoms with E-state index in [1.165, 1.54) is 0 Å². The third kappa shape index (κ3) is 4.37. The molecule has 1 aliphatic heterocycles. The topological polar surface area (TPSA) is 80.1 Å². The lowest BCUT2D eigenvalue weighted by Crippen LogP contribution is -2.50. The minimum atomic E-state index is -0.165. The maximum atomic E-state index is 13.0. The van der Waals surface area contributed by atoms with E-state index >= 15 is 0 Å². The fourth-order valence-electron chi connectivity index (χ4n) is 4.17. The van der Waals surface area contributed by atoms with Crippen molar-refractivity contribution in [3.8, 4) is 0 Å². The summed E-state index contributed by atoms with van der Waals surface area (Å²) in [7, 11) is 0. The minimum absolute atomic E-state index is 0.0275. The first-order valence-electron chi connectivity index (χ1n) is 9.63. The van der Waals surface area contributed by atoms with Crippen LogP contribution in [0.4, 0.5) is 0 Å². The smallest absolute Gasteiger partial charge is 0.244 e. The van der Waals surface area contributed by atoms with Gasteiger partial charge in [0.1, 0.15) is 12.4 Å². The summed E-state index contributed by atoms with van der Waals surface area (Å²) >= 11 is 5.53. The Kier molecular flexibility index (Phi) is 6.51. The van der Waals surface area contributed by atoms with Gasteiger partial charge in [0, 0.05) is 19.1 Å². The molecular formula is C18H28ClN5O2. The molecule has 26 heavy (non-hydrogen) atoms. The second-order valence-corrected chi connectivity index (χ2v) is 7.66. The molecule has 2 atom stereocenters. The van der Waals surface area contributed by atoms with Crippen LogP contribution in [0.2, 0.25) is 0 Å². The molecule has 2 amide bonds. The number of carbonyl (C=O) groups is 2. The average Bonchev–Trinajstić information content (AvgIpc) is 3.05. The Bertz CT molecular complexity index is 648. The third-order valence-corrected chi connectivity index (χ3v) is 5.84. The highest BCUT2D eigenvalue weighted by molar-refractivity contribution is 6.27. The minimum Gasteiger partial charge on any atom is -0.355 e. The summed E-state index contributed by atoms with van der Waals surface area (Å²) in [6.07, 6.45) is 7.10. The standard InChI is InChI=1S/C18H28ClN5O2/c1-13-5-4-10-23(15(13)8-9-20-17(25)11-19)18(26)12-24-16-7-3-2-6-14(16)21-22-24/h13,15H,2-12H2,1H3,(H,20,25). The number of amides is 2. The molecule has 1 fully saturated rings. The molecule has 1 N–H and O–H groups in total. The number of nitrogens with one attached hydrogen (secondary N) is 1. The van der Waals surface area contributed by atoms with Crippen molar-refractivity contribution in [2.45, 2.75) is 64.5 Å². The van der Waals surface area contributed by atoms with Crippen LogP contribution in [0, 0.1) is 5.92 Å². The molecule has 1 aromatic heterocycles. The zero-order chi connectivity index (χ0) is 18.5. The molecule has 0 radical (unpaired) electrons. The summed E-state index contributed by atoms with van der Waals surface area (Å²) in [5.41, 5.74) is 2.18. The molecule has 1 saturated heterocycles. The van der Waals surface area contributed by atoms with Gasteiger partial charge in [-0.1, -0.05) is 12.1 Å². The van der Waals surface area contributed by atoms with Crippen molar-refractivity contribution in [1.29, 1.82) is 0 Å². The number of piperidine rings is 1. The number of rotatable bonds is 6. The lowest BCUT2D eigenvalue weighted by molar-refractivity contribution is -0.137. The molecule has 1 aliphatic carbocycles. The number of nitrogens with zero attached hydrogens (tertiary/aromatic N) is 4. The molecule has 0 spiro atoms. The van der Waals surface area contributed by atoms with Crippen molar-refractivity contribution in [3.63, 3.8) is 0 Å². The van der Waals surface area contributed by atoms with Crippen molar-refractivity contribution < 1.29 is 9.59 Å². The normalized spacial score (nSPS) is 22.8. The Morgan fingerprint density at radius 2 is 2.08 bits per heavy atom. The zero-order valence-electron chi connectivity index (χ0n) is 15.4. The number of aromatic nitrogens is 3. The number of aryl methyl sites for hydroxylation is 1. The summed E-state index contributed by atoms with van der Waals surface area (Å²) in [4.78, 5) is 26.3. The molecule has 8 heteroatoms. The summed E-state index contributed by atoms with van der Waals surface area (Å²) in [5.74, 6) is 0.330. The number of hydrogen-bond acceptors (Lipinski definition) is 4. The van der Waals surface area contributed by atoms with Crippen molar-refractivity contribution in [2.24, 2.45) is 5.92 Å². The number of halogens is 1. The SMILES string of the molecule is CC1CCCN(C(=O)Cn2nnc3c2CCCC3)C1CCNC(=O)CCl. The second kappa shape index (κ2) is 8.84. The van der Waals surface area contributed by atoms with Crippen LogP contribution in [-0.4, -0.2) is 56.7 Å². The monoisotopic (exact) mass is 381 g/mol. The maximum Gasteiger partial charge on any atom is 0.244 e. The second-order valence-electron chi connectivity index (χ2n) is 7.39. The Hall–Kier alpha value is -1.63. The van der Waals surface area contributed by atoms with E-state index in [-0.39, 0.29) is 30.3 Å². The zero-order valence-corrected chi connectivity index (χ0v) is 16.2. The Morgan fingerprint density at radius 3 is 2.88 bits per heavy atom. The molecule has 2 heterocycles. The number of likely N-dealkylation sites (tertiary alicyclic amines) is 1. The lowest BCUT2D eigenvalue weighted by Gasteiger charge is -2.40. The van der Waals surface area contributed by atoms with Gasteiger partial charge in [0.25, 0.3) is 0 Å². The van der Waals surface area contributed by atoms with Gasteiger partial charge in [-0.05, 0) is 50.9 Å². The number of carbonyl (C=O) groups excluding carboxylic acids is 2. The van der Waals surface area contributed by atoms with Gasteiger partial charge in [-0.25, -0.2) is 4.68 Å². The van der Waals surface area contributed by atoms with Crippen LogP contribution in [0.25, 0.3) is 0 Å². The lowest BCUT2D eigenvalue weighted by atomic mass is 9.88. The van der Waals surface area contributed by atoms with Crippen molar-refractivity contribution in [2.75, 3.05) is 19.0 Å². The van der Waals surface area contributed by atoms with E-state index in [9.17, 15) is 9.59 Å². The van der Waals surface area contributed by atoms with Crippen LogP contribution in [-0.2, 0) is 29.0 Å². The Balaban J connectivity index is 1.63. The predicted octanol–water partition coefficient (Wildman–Crippen LogP) is 1.53. The van der Waals surface area contributed by atoms with Gasteiger partial charge in [0.2, 0.25) is 11.8 Å². The van der Waals surface area contributed by atoms with Gasteiger partial charge in [-0.3, -0.25) is 9.59 Å². The van der Waals surface area contributed by atoms with Crippen molar-refractivity contribution in [1.82, 2.24) is 25.2 Å². The van der Waals surface area contributed by atoms with E-state index in [1.54, 1.807) is 4.68 Å². The molecule has 0 saturated carbocycles. The van der Waals surface area contributed by atoms with Crippen LogP contribution in [0.1, 0.15) is 50.4 Å². The average molecular weight is 382 g/mol. The summed E-state index contributed by atoms with van der Waals surface area (Å²) in [5, 5.41) is 11.3. The number of fused-ring (bicyclic) bond motifs is 1. The van der Waals surface area contributed by atoms with Crippen LogP contribution in [0.5, 0.6) is 0 Å². The summed E-state index contributed by atoms with van der Waals surface area (Å²) < 4.78 is 1.79. The van der Waals surface area contributed by atoms with E-state index in [0.717, 1.165) is 62.9 Å². The highest BCUT2D eigenvalue weighted by Crippen LogP contribution is 2.26. The van der Waals surface area contributed by atoms with Gasteiger partial charge >= 0.3 is 0 Å². The quantitative estimate of drug-likeness (QED) is 0.758. The first-order valence-corrected chi connectivity index (χ1v) is 10.2. The Morgan fingerprint density at radius 1 is 1.27 bits per heavy atom. The van der Waals surface area contributed by atoms with Gasteiger partial charge in [0.15, 0.2) is 0 Å². The van der Waals surface area contributed by atoms with E-state index < -0.39 is 0 Å². The molecule has 3 rings (SSSR count). The van der Waals surface area contributed by atoms with E-state index in [1.807, 2.05) is 4.90 Å². The van der Waals surface area contributed by atoms with Crippen molar-refractivity contribution >= 4 is 23.4 Å². The molecular weight excluding hydrogens is 354 g/mol. The molecule has 1 aromatic rings. The van der Waals surface area contributed by atoms with E-state index in [4.69, 9.17) is 11.6 Å². The number of hydrogen-bond donors (Lipinski definition) is 1. The van der Waals surface area contributed by atoms with Crippen LogP contribution >= 0.6 is 11.6 Å². The Labute approximate surface area is 159 Å².